The van der Waals surface area contributed by atoms with E-state index in [1.165, 1.54) is 0 Å². The van der Waals surface area contributed by atoms with Gasteiger partial charge >= 0.3 is 0 Å². The fraction of sp³-hybridized carbons (Fsp3) is 0.167. The summed E-state index contributed by atoms with van der Waals surface area (Å²) >= 11 is 0. The van der Waals surface area contributed by atoms with E-state index in [2.05, 4.69) is 17.4 Å². The van der Waals surface area contributed by atoms with Crippen LogP contribution in [-0.4, -0.2) is 38.3 Å². The minimum atomic E-state index is 0.0243. The monoisotopic (exact) mass is 390 g/mol. The molecule has 0 spiro atoms. The first kappa shape index (κ1) is 21.7. The summed E-state index contributed by atoms with van der Waals surface area (Å²) in [6.45, 7) is 1.58. The molecule has 0 saturated carbocycles. The van der Waals surface area contributed by atoms with Crippen molar-refractivity contribution < 1.29 is 14.7 Å². The zero-order valence-corrected chi connectivity index (χ0v) is 17.1. The third-order valence-electron chi connectivity index (χ3n) is 4.43. The molecular formula is C24H26N2O3. The quantitative estimate of drug-likeness (QED) is 0.480. The largest absolute Gasteiger partial charge is 0.507 e. The molecule has 5 heteroatoms. The van der Waals surface area contributed by atoms with Crippen molar-refractivity contribution in [2.24, 2.45) is 0 Å². The van der Waals surface area contributed by atoms with Crippen molar-refractivity contribution in [2.75, 3.05) is 31.4 Å². The Hall–Kier alpha value is -3.60. The lowest BCUT2D eigenvalue weighted by Gasteiger charge is -2.12. The molecule has 0 aliphatic rings. The Morgan fingerprint density at radius 2 is 1.66 bits per heavy atom. The molecule has 0 heterocycles. The van der Waals surface area contributed by atoms with Gasteiger partial charge in [0.15, 0.2) is 12.1 Å². The average molecular weight is 390 g/mol. The van der Waals surface area contributed by atoms with Crippen molar-refractivity contribution in [3.8, 4) is 16.9 Å². The number of carbonyl (C=O) groups excluding carboxylic acids is 2. The number of hydrogen-bond donors (Lipinski definition) is 2. The number of aldehydes is 1. The highest BCUT2D eigenvalue weighted by Gasteiger charge is 2.07. The first-order chi connectivity index (χ1) is 13.9. The fourth-order valence-corrected chi connectivity index (χ4v) is 2.78. The Labute approximate surface area is 171 Å². The molecule has 5 nitrogen and oxygen atoms in total. The van der Waals surface area contributed by atoms with Gasteiger partial charge in [0.25, 0.3) is 0 Å². The molecule has 0 atom stereocenters. The molecule has 3 rings (SSSR count). The van der Waals surface area contributed by atoms with Crippen LogP contribution in [0.15, 0.2) is 66.7 Å². The molecule has 0 amide bonds. The van der Waals surface area contributed by atoms with Crippen molar-refractivity contribution in [2.45, 2.75) is 6.92 Å². The van der Waals surface area contributed by atoms with E-state index in [1.807, 2.05) is 62.4 Å². The number of benzene rings is 3. The third-order valence-corrected chi connectivity index (χ3v) is 4.43. The van der Waals surface area contributed by atoms with Crippen LogP contribution in [0.2, 0.25) is 0 Å². The number of carbonyl (C=O) groups is 2. The van der Waals surface area contributed by atoms with Crippen molar-refractivity contribution >= 4 is 23.4 Å². The van der Waals surface area contributed by atoms with E-state index in [9.17, 15) is 14.7 Å². The summed E-state index contributed by atoms with van der Waals surface area (Å²) in [4.78, 5) is 23.6. The summed E-state index contributed by atoms with van der Waals surface area (Å²) in [7, 11) is 5.57. The van der Waals surface area contributed by atoms with Crippen LogP contribution in [0.25, 0.3) is 11.1 Å². The lowest BCUT2D eigenvalue weighted by atomic mass is 10.0. The van der Waals surface area contributed by atoms with Gasteiger partial charge in [0.05, 0.1) is 5.56 Å². The number of anilines is 2. The van der Waals surface area contributed by atoms with Gasteiger partial charge in [-0.3, -0.25) is 9.59 Å². The van der Waals surface area contributed by atoms with Crippen molar-refractivity contribution in [3.63, 3.8) is 0 Å². The molecule has 0 fully saturated rings. The van der Waals surface area contributed by atoms with Gasteiger partial charge in [0.1, 0.15) is 5.75 Å². The van der Waals surface area contributed by atoms with Gasteiger partial charge in [-0.15, -0.1) is 0 Å². The van der Waals surface area contributed by atoms with Crippen LogP contribution >= 0.6 is 0 Å². The maximum absolute atomic E-state index is 11.4. The zero-order chi connectivity index (χ0) is 21.4. The highest BCUT2D eigenvalue weighted by atomic mass is 16.3. The molecule has 0 aliphatic heterocycles. The lowest BCUT2D eigenvalue weighted by molar-refractivity contribution is 0.101. The molecule has 150 valence electrons. The Morgan fingerprint density at radius 1 is 0.966 bits per heavy atom. The average Bonchev–Trinajstić information content (AvgIpc) is 2.74. The van der Waals surface area contributed by atoms with Crippen LogP contribution < -0.4 is 10.2 Å². The molecule has 0 unspecified atom stereocenters. The van der Waals surface area contributed by atoms with Gasteiger partial charge < -0.3 is 15.3 Å². The van der Waals surface area contributed by atoms with Crippen LogP contribution in [0.5, 0.6) is 5.75 Å². The van der Waals surface area contributed by atoms with Gasteiger partial charge in [-0.25, -0.2) is 0 Å². The van der Waals surface area contributed by atoms with Crippen LogP contribution in [0.1, 0.15) is 27.6 Å². The summed E-state index contributed by atoms with van der Waals surface area (Å²) < 4.78 is 0. The number of phenolic OH excluding ortho intramolecular Hbond substituents is 1. The molecule has 29 heavy (non-hydrogen) atoms. The Balaban J connectivity index is 0.000000221. The number of Topliss-reactive ketones (excluding diaryl/α,β-unsaturated/α-hetero) is 1. The van der Waals surface area contributed by atoms with E-state index in [0.717, 1.165) is 28.1 Å². The number of nitrogens with zero attached hydrogens (tertiary/aromatic N) is 1. The first-order valence-electron chi connectivity index (χ1n) is 9.21. The smallest absolute Gasteiger partial charge is 0.161 e. The number of rotatable bonds is 5. The summed E-state index contributed by atoms with van der Waals surface area (Å²) in [5.74, 6) is 0.102. The lowest BCUT2D eigenvalue weighted by Crippen LogP contribution is -2.08. The van der Waals surface area contributed by atoms with Crippen LogP contribution in [-0.2, 0) is 0 Å². The minimum absolute atomic E-state index is 0.0243. The highest BCUT2D eigenvalue weighted by molar-refractivity contribution is 6.00. The standard InChI is InChI=1S/C15H15NO.C9H11NO2/c1-11(17)14-9-8-13(10-15(14)16-2)12-6-4-3-5-7-12;1-10(2)8-4-3-7(6-11)9(12)5-8/h3-10,16H,1-2H3;3-6,12H,1-2H3. The minimum Gasteiger partial charge on any atom is -0.507 e. The number of phenols is 1. The summed E-state index contributed by atoms with van der Waals surface area (Å²) in [5.41, 5.74) is 5.06. The number of hydrogen-bond acceptors (Lipinski definition) is 5. The van der Waals surface area contributed by atoms with Crippen LogP contribution in [0.3, 0.4) is 0 Å². The predicted molar refractivity (Wildman–Crippen MR) is 119 cm³/mol. The number of nitrogens with one attached hydrogen (secondary N) is 1. The predicted octanol–water partition coefficient (Wildman–Crippen LogP) is 4.87. The molecule has 0 bridgehead atoms. The SMILES string of the molecule is CN(C)c1ccc(C=O)c(O)c1.CNc1cc(-c2ccccc2)ccc1C(C)=O. The fourth-order valence-electron chi connectivity index (χ4n) is 2.78. The number of ketones is 1. The van der Waals surface area contributed by atoms with Gasteiger partial charge in [-0.1, -0.05) is 36.4 Å². The van der Waals surface area contributed by atoms with Crippen molar-refractivity contribution in [3.05, 3.63) is 77.9 Å². The topological polar surface area (TPSA) is 69.6 Å². The summed E-state index contributed by atoms with van der Waals surface area (Å²) in [6, 6.07) is 20.9. The second-order valence-corrected chi connectivity index (χ2v) is 6.69. The molecule has 0 aromatic heterocycles. The molecule has 3 aromatic rings. The maximum atomic E-state index is 11.4. The second kappa shape index (κ2) is 10.1. The maximum Gasteiger partial charge on any atom is 0.161 e. The summed E-state index contributed by atoms with van der Waals surface area (Å²) in [5, 5.41) is 12.3. The number of aromatic hydroxyl groups is 1. The van der Waals surface area contributed by atoms with E-state index in [1.54, 1.807) is 25.1 Å². The molecule has 0 radical (unpaired) electrons. The Kier molecular flexibility index (Phi) is 7.54. The van der Waals surface area contributed by atoms with E-state index in [4.69, 9.17) is 0 Å². The molecule has 0 saturated heterocycles. The van der Waals surface area contributed by atoms with Crippen LogP contribution in [0, 0.1) is 0 Å². The van der Waals surface area contributed by atoms with Gasteiger partial charge in [-0.05, 0) is 42.3 Å². The van der Waals surface area contributed by atoms with Crippen molar-refractivity contribution in [1.29, 1.82) is 0 Å². The van der Waals surface area contributed by atoms with E-state index < -0.39 is 0 Å². The summed E-state index contributed by atoms with van der Waals surface area (Å²) in [6.07, 6.45) is 0.634. The Morgan fingerprint density at radius 3 is 2.17 bits per heavy atom. The Bertz CT molecular complexity index is 983. The molecule has 3 aromatic carbocycles. The zero-order valence-electron chi connectivity index (χ0n) is 17.1. The molecule has 2 N–H and O–H groups in total. The van der Waals surface area contributed by atoms with Gasteiger partial charge in [0.2, 0.25) is 0 Å². The van der Waals surface area contributed by atoms with Crippen molar-refractivity contribution in [1.82, 2.24) is 0 Å². The molecular weight excluding hydrogens is 364 g/mol. The third kappa shape index (κ3) is 5.69. The molecule has 0 aliphatic carbocycles. The van der Waals surface area contributed by atoms with Gasteiger partial charge in [-0.2, -0.15) is 0 Å². The van der Waals surface area contributed by atoms with E-state index in [0.29, 0.717) is 11.8 Å². The van der Waals surface area contributed by atoms with E-state index in [-0.39, 0.29) is 11.5 Å². The second-order valence-electron chi connectivity index (χ2n) is 6.69. The first-order valence-corrected chi connectivity index (χ1v) is 9.21. The highest BCUT2D eigenvalue weighted by Crippen LogP contribution is 2.25. The van der Waals surface area contributed by atoms with E-state index >= 15 is 0 Å². The van der Waals surface area contributed by atoms with Gasteiger partial charge in [0, 0.05) is 44.1 Å². The van der Waals surface area contributed by atoms with Crippen LogP contribution in [0.4, 0.5) is 11.4 Å². The normalized spacial score (nSPS) is 9.79.